The van der Waals surface area contributed by atoms with Gasteiger partial charge in [0.1, 0.15) is 5.75 Å². The summed E-state index contributed by atoms with van der Waals surface area (Å²) in [6.45, 7) is 0. The maximum atomic E-state index is 9.55. The molecule has 1 heterocycles. The number of ether oxygens (including phenoxy) is 1. The molecule has 1 aliphatic rings. The number of benzene rings is 1. The second kappa shape index (κ2) is 3.67. The van der Waals surface area contributed by atoms with Crippen LogP contribution in [0.15, 0.2) is 29.4 Å². The van der Waals surface area contributed by atoms with Gasteiger partial charge in [-0.3, -0.25) is 0 Å². The van der Waals surface area contributed by atoms with Crippen LogP contribution in [0.1, 0.15) is 12.0 Å². The lowest BCUT2D eigenvalue weighted by atomic mass is 10.1. The van der Waals surface area contributed by atoms with E-state index < -0.39 is 0 Å². The van der Waals surface area contributed by atoms with Gasteiger partial charge in [0.15, 0.2) is 0 Å². The summed E-state index contributed by atoms with van der Waals surface area (Å²) < 4.78 is 4.98. The third-order valence-electron chi connectivity index (χ3n) is 2.12. The van der Waals surface area contributed by atoms with E-state index in [2.05, 4.69) is 5.16 Å². The first-order valence-electron chi connectivity index (χ1n) is 4.35. The largest absolute Gasteiger partial charge is 0.507 e. The molecule has 14 heavy (non-hydrogen) atoms. The maximum absolute atomic E-state index is 9.55. The summed E-state index contributed by atoms with van der Waals surface area (Å²) in [4.78, 5) is 4.98. The van der Waals surface area contributed by atoms with Crippen LogP contribution in [-0.2, 0) is 9.57 Å². The number of oxime groups is 1. The highest BCUT2D eigenvalue weighted by molar-refractivity contribution is 6.03. The molecule has 4 heteroatoms. The molecular formula is C10H11NO3. The molecule has 0 aliphatic carbocycles. The fourth-order valence-corrected chi connectivity index (χ4v) is 1.36. The summed E-state index contributed by atoms with van der Waals surface area (Å²) in [6.07, 6.45) is 0.234. The van der Waals surface area contributed by atoms with Crippen LogP contribution >= 0.6 is 0 Å². The van der Waals surface area contributed by atoms with Gasteiger partial charge in [-0.15, -0.1) is 0 Å². The van der Waals surface area contributed by atoms with Crippen LogP contribution < -0.4 is 0 Å². The number of hydrogen-bond donors (Lipinski definition) is 1. The molecule has 4 nitrogen and oxygen atoms in total. The van der Waals surface area contributed by atoms with Crippen LogP contribution in [0.5, 0.6) is 5.75 Å². The van der Waals surface area contributed by atoms with Crippen molar-refractivity contribution in [3.8, 4) is 5.75 Å². The minimum Gasteiger partial charge on any atom is -0.507 e. The van der Waals surface area contributed by atoms with Crippen molar-refractivity contribution in [2.45, 2.75) is 12.7 Å². The van der Waals surface area contributed by atoms with Crippen molar-refractivity contribution in [3.05, 3.63) is 29.8 Å². The number of phenols is 1. The van der Waals surface area contributed by atoms with E-state index in [-0.39, 0.29) is 12.0 Å². The van der Waals surface area contributed by atoms with Crippen molar-refractivity contribution in [1.29, 1.82) is 0 Å². The minimum absolute atomic E-state index is 0.214. The molecule has 0 aromatic heterocycles. The summed E-state index contributed by atoms with van der Waals surface area (Å²) in [5, 5.41) is 13.4. The third-order valence-corrected chi connectivity index (χ3v) is 2.12. The van der Waals surface area contributed by atoms with Crippen molar-refractivity contribution in [1.82, 2.24) is 0 Å². The first-order valence-corrected chi connectivity index (χ1v) is 4.35. The molecule has 0 saturated heterocycles. The third kappa shape index (κ3) is 1.56. The molecule has 1 aromatic carbocycles. The van der Waals surface area contributed by atoms with Gasteiger partial charge in [0.25, 0.3) is 0 Å². The summed E-state index contributed by atoms with van der Waals surface area (Å²) in [7, 11) is 1.56. The molecule has 0 saturated carbocycles. The lowest BCUT2D eigenvalue weighted by Crippen LogP contribution is -2.10. The van der Waals surface area contributed by atoms with Gasteiger partial charge in [0.05, 0.1) is 12.1 Å². The monoisotopic (exact) mass is 193 g/mol. The van der Waals surface area contributed by atoms with Gasteiger partial charge in [-0.1, -0.05) is 17.3 Å². The number of phenolic OH excluding ortho intramolecular Hbond substituents is 1. The van der Waals surface area contributed by atoms with Crippen LogP contribution in [0.4, 0.5) is 0 Å². The number of aromatic hydroxyl groups is 1. The predicted octanol–water partition coefficient (Wildman–Crippen LogP) is 1.49. The van der Waals surface area contributed by atoms with Gasteiger partial charge in [0, 0.05) is 12.7 Å². The molecule has 1 unspecified atom stereocenters. The normalized spacial score (nSPS) is 20.4. The average Bonchev–Trinajstić information content (AvgIpc) is 2.67. The molecule has 1 N–H and O–H groups in total. The van der Waals surface area contributed by atoms with Crippen molar-refractivity contribution < 1.29 is 14.7 Å². The van der Waals surface area contributed by atoms with Gasteiger partial charge in [-0.2, -0.15) is 0 Å². The highest BCUT2D eigenvalue weighted by Gasteiger charge is 2.22. The topological polar surface area (TPSA) is 51.0 Å². The number of rotatable bonds is 2. The lowest BCUT2D eigenvalue weighted by Gasteiger charge is -2.04. The number of methoxy groups -OCH3 is 1. The molecule has 0 amide bonds. The van der Waals surface area contributed by atoms with Gasteiger partial charge < -0.3 is 14.7 Å². The zero-order chi connectivity index (χ0) is 9.97. The Morgan fingerprint density at radius 3 is 2.93 bits per heavy atom. The van der Waals surface area contributed by atoms with Crippen LogP contribution in [0.3, 0.4) is 0 Å². The van der Waals surface area contributed by atoms with Crippen LogP contribution in [0.2, 0.25) is 0 Å². The van der Waals surface area contributed by atoms with Crippen molar-refractivity contribution in [3.63, 3.8) is 0 Å². The SMILES string of the molecule is COC1CC(c2ccccc2O)=NO1. The molecule has 1 aliphatic heterocycles. The molecule has 74 valence electrons. The van der Waals surface area contributed by atoms with Crippen molar-refractivity contribution in [2.75, 3.05) is 7.11 Å². The average molecular weight is 193 g/mol. The van der Waals surface area contributed by atoms with E-state index in [0.29, 0.717) is 12.0 Å². The Kier molecular flexibility index (Phi) is 2.37. The Bertz CT molecular complexity index is 362. The summed E-state index contributed by atoms with van der Waals surface area (Å²) >= 11 is 0. The quantitative estimate of drug-likeness (QED) is 0.774. The summed E-state index contributed by atoms with van der Waals surface area (Å²) in [5.41, 5.74) is 1.42. The number of para-hydroxylation sites is 1. The molecule has 2 rings (SSSR count). The first kappa shape index (κ1) is 9.02. The van der Waals surface area contributed by atoms with Crippen LogP contribution in [-0.4, -0.2) is 24.2 Å². The Labute approximate surface area is 81.8 Å². The fourth-order valence-electron chi connectivity index (χ4n) is 1.36. The first-order chi connectivity index (χ1) is 6.81. The van der Waals surface area contributed by atoms with E-state index >= 15 is 0 Å². The molecule has 0 bridgehead atoms. The number of hydrogen-bond acceptors (Lipinski definition) is 4. The molecule has 1 aromatic rings. The minimum atomic E-state index is -0.329. The highest BCUT2D eigenvalue weighted by Crippen LogP contribution is 2.23. The van der Waals surface area contributed by atoms with E-state index in [1.807, 2.05) is 6.07 Å². The molecule has 1 atom stereocenters. The van der Waals surface area contributed by atoms with E-state index in [0.717, 1.165) is 5.71 Å². The van der Waals surface area contributed by atoms with E-state index in [4.69, 9.17) is 9.57 Å². The van der Waals surface area contributed by atoms with E-state index in [1.54, 1.807) is 25.3 Å². The Balaban J connectivity index is 2.22. The highest BCUT2D eigenvalue weighted by atomic mass is 16.8. The zero-order valence-electron chi connectivity index (χ0n) is 7.80. The second-order valence-corrected chi connectivity index (χ2v) is 3.03. The van der Waals surface area contributed by atoms with Gasteiger partial charge >= 0.3 is 0 Å². The Morgan fingerprint density at radius 2 is 2.29 bits per heavy atom. The van der Waals surface area contributed by atoms with E-state index in [9.17, 15) is 5.11 Å². The molecular weight excluding hydrogens is 182 g/mol. The van der Waals surface area contributed by atoms with Gasteiger partial charge in [-0.25, -0.2) is 0 Å². The number of nitrogens with zero attached hydrogens (tertiary/aromatic N) is 1. The summed E-state index contributed by atoms with van der Waals surface area (Å²) in [5.74, 6) is 0.214. The van der Waals surface area contributed by atoms with Crippen molar-refractivity contribution >= 4 is 5.71 Å². The molecule has 0 fully saturated rings. The molecule has 0 radical (unpaired) electrons. The Hall–Kier alpha value is -1.55. The van der Waals surface area contributed by atoms with Crippen LogP contribution in [0.25, 0.3) is 0 Å². The predicted molar refractivity (Wildman–Crippen MR) is 51.1 cm³/mol. The fraction of sp³-hybridized carbons (Fsp3) is 0.300. The zero-order valence-corrected chi connectivity index (χ0v) is 7.80. The Morgan fingerprint density at radius 1 is 1.50 bits per heavy atom. The van der Waals surface area contributed by atoms with Gasteiger partial charge in [0.2, 0.25) is 6.29 Å². The van der Waals surface area contributed by atoms with Crippen LogP contribution in [0, 0.1) is 0 Å². The molecule has 0 spiro atoms. The summed E-state index contributed by atoms with van der Waals surface area (Å²) in [6, 6.07) is 7.04. The van der Waals surface area contributed by atoms with E-state index in [1.165, 1.54) is 0 Å². The lowest BCUT2D eigenvalue weighted by molar-refractivity contribution is -0.103. The van der Waals surface area contributed by atoms with Gasteiger partial charge in [-0.05, 0) is 12.1 Å². The van der Waals surface area contributed by atoms with Crippen molar-refractivity contribution in [2.24, 2.45) is 5.16 Å². The smallest absolute Gasteiger partial charge is 0.232 e. The second-order valence-electron chi connectivity index (χ2n) is 3.03. The standard InChI is InChI=1S/C10H11NO3/c1-13-10-6-8(11-14-10)7-4-2-3-5-9(7)12/h2-5,10,12H,6H2,1H3. The maximum Gasteiger partial charge on any atom is 0.232 e.